The Kier molecular flexibility index (Phi) is 6.68. The van der Waals surface area contributed by atoms with Crippen molar-refractivity contribution < 1.29 is 9.15 Å². The largest absolute Gasteiger partial charge is 0.453 e. The van der Waals surface area contributed by atoms with Gasteiger partial charge in [0, 0.05) is 39.4 Å². The number of aryl methyl sites for hydroxylation is 2. The molecule has 0 unspecified atom stereocenters. The number of nitrogens with zero attached hydrogens (tertiary/aromatic N) is 5. The Morgan fingerprint density at radius 2 is 1.46 bits per heavy atom. The monoisotopic (exact) mass is 653 g/mol. The van der Waals surface area contributed by atoms with E-state index in [9.17, 15) is 0 Å². The van der Waals surface area contributed by atoms with E-state index in [1.54, 1.807) is 6.33 Å². The van der Waals surface area contributed by atoms with Crippen molar-refractivity contribution in [2.45, 2.75) is 40.0 Å². The van der Waals surface area contributed by atoms with Crippen molar-refractivity contribution in [1.29, 1.82) is 0 Å². The van der Waals surface area contributed by atoms with Gasteiger partial charge in [0.2, 0.25) is 0 Å². The SMILES string of the molecule is Cc1cccc(C)c1-n1cnnc1-c1cc(Oc2ccc3c4ccccc4n(-c4cc(C(C)(C)C)ccn4)c3c2)c2oc3ccccc3c2c1. The van der Waals surface area contributed by atoms with Crippen molar-refractivity contribution in [2.75, 3.05) is 0 Å². The number of aromatic nitrogens is 5. The van der Waals surface area contributed by atoms with E-state index in [2.05, 4.69) is 133 Å². The summed E-state index contributed by atoms with van der Waals surface area (Å²) in [5.74, 6) is 2.87. The van der Waals surface area contributed by atoms with Crippen LogP contribution in [0.25, 0.3) is 66.6 Å². The summed E-state index contributed by atoms with van der Waals surface area (Å²) in [5, 5.41) is 13.2. The number of hydrogen-bond donors (Lipinski definition) is 0. The molecule has 0 atom stereocenters. The van der Waals surface area contributed by atoms with Gasteiger partial charge in [0.25, 0.3) is 0 Å². The fourth-order valence-corrected chi connectivity index (χ4v) is 7.18. The summed E-state index contributed by atoms with van der Waals surface area (Å²) < 4.78 is 17.6. The Bertz CT molecular complexity index is 2740. The predicted octanol–water partition coefficient (Wildman–Crippen LogP) is 11.0. The van der Waals surface area contributed by atoms with E-state index >= 15 is 0 Å². The molecule has 0 aliphatic carbocycles. The lowest BCUT2D eigenvalue weighted by atomic mass is 9.88. The topological polar surface area (TPSA) is 70.9 Å². The van der Waals surface area contributed by atoms with Crippen LogP contribution in [-0.2, 0) is 5.41 Å². The third-order valence-electron chi connectivity index (χ3n) is 9.64. The summed E-state index contributed by atoms with van der Waals surface area (Å²) in [7, 11) is 0. The molecule has 4 heterocycles. The van der Waals surface area contributed by atoms with Gasteiger partial charge in [-0.15, -0.1) is 10.2 Å². The minimum Gasteiger partial charge on any atom is -0.453 e. The molecule has 7 nitrogen and oxygen atoms in total. The van der Waals surface area contributed by atoms with Crippen molar-refractivity contribution in [1.82, 2.24) is 24.3 Å². The van der Waals surface area contributed by atoms with E-state index in [-0.39, 0.29) is 5.41 Å². The normalized spacial score (nSPS) is 12.1. The molecule has 4 aromatic heterocycles. The molecule has 0 bridgehead atoms. The minimum absolute atomic E-state index is 0.0180. The molecule has 0 aliphatic rings. The number of rotatable bonds is 5. The Balaban J connectivity index is 1.24. The first-order valence-corrected chi connectivity index (χ1v) is 16.8. The Labute approximate surface area is 289 Å². The third kappa shape index (κ3) is 4.77. The summed E-state index contributed by atoms with van der Waals surface area (Å²) in [6.45, 7) is 10.9. The molecule has 0 saturated heterocycles. The standard InChI is InChI=1S/C43H35N5O2/c1-26-11-10-12-27(2)40(26)47-25-45-46-42(47)28-21-34-33-14-7-9-16-37(33)50-41(34)38(22-28)49-30-17-18-32-31-13-6-8-15-35(31)48(36(32)24-30)39-23-29(19-20-44-39)43(3,4)5/h6-25H,1-5H3. The maximum atomic E-state index is 6.84. The van der Waals surface area contributed by atoms with Crippen LogP contribution in [0.3, 0.4) is 0 Å². The zero-order valence-electron chi connectivity index (χ0n) is 28.6. The number of hydrogen-bond acceptors (Lipinski definition) is 5. The second kappa shape index (κ2) is 11.2. The Morgan fingerprint density at radius 3 is 2.28 bits per heavy atom. The van der Waals surface area contributed by atoms with Crippen LogP contribution in [-0.4, -0.2) is 24.3 Å². The van der Waals surface area contributed by atoms with Crippen LogP contribution in [0.2, 0.25) is 0 Å². The van der Waals surface area contributed by atoms with Crippen molar-refractivity contribution >= 4 is 43.7 Å². The molecule has 5 aromatic carbocycles. The van der Waals surface area contributed by atoms with Gasteiger partial charge in [0.15, 0.2) is 17.2 Å². The quantitative estimate of drug-likeness (QED) is 0.185. The smallest absolute Gasteiger partial charge is 0.177 e. The summed E-state index contributed by atoms with van der Waals surface area (Å²) in [5.41, 5.74) is 8.99. The summed E-state index contributed by atoms with van der Waals surface area (Å²) in [6.07, 6.45) is 3.68. The van der Waals surface area contributed by atoms with Crippen LogP contribution in [0.1, 0.15) is 37.5 Å². The number of para-hydroxylation sites is 3. The van der Waals surface area contributed by atoms with Crippen LogP contribution in [0.5, 0.6) is 11.5 Å². The maximum absolute atomic E-state index is 6.84. The zero-order valence-corrected chi connectivity index (χ0v) is 28.6. The number of fused-ring (bicyclic) bond motifs is 6. The zero-order chi connectivity index (χ0) is 34.1. The van der Waals surface area contributed by atoms with Crippen LogP contribution in [0.15, 0.2) is 126 Å². The number of benzene rings is 5. The Morgan fingerprint density at radius 1 is 0.700 bits per heavy atom. The molecule has 0 N–H and O–H groups in total. The van der Waals surface area contributed by atoms with E-state index in [0.29, 0.717) is 17.1 Å². The van der Waals surface area contributed by atoms with Gasteiger partial charge in [-0.2, -0.15) is 0 Å². The fraction of sp³-hybridized carbons (Fsp3) is 0.140. The van der Waals surface area contributed by atoms with Crippen LogP contribution in [0, 0.1) is 13.8 Å². The third-order valence-corrected chi connectivity index (χ3v) is 9.64. The van der Waals surface area contributed by atoms with Crippen molar-refractivity contribution in [2.24, 2.45) is 0 Å². The second-order valence-corrected chi connectivity index (χ2v) is 14.0. The van der Waals surface area contributed by atoms with Gasteiger partial charge in [-0.25, -0.2) is 4.98 Å². The van der Waals surface area contributed by atoms with Crippen LogP contribution < -0.4 is 4.74 Å². The van der Waals surface area contributed by atoms with Crippen LogP contribution in [0.4, 0.5) is 0 Å². The first-order chi connectivity index (χ1) is 24.2. The first kappa shape index (κ1) is 29.9. The van der Waals surface area contributed by atoms with Gasteiger partial charge in [-0.1, -0.05) is 75.4 Å². The lowest BCUT2D eigenvalue weighted by Crippen LogP contribution is -2.12. The van der Waals surface area contributed by atoms with E-state index < -0.39 is 0 Å². The summed E-state index contributed by atoms with van der Waals surface area (Å²) >= 11 is 0. The van der Waals surface area contributed by atoms with Gasteiger partial charge in [0.05, 0.1) is 16.7 Å². The Hall–Kier alpha value is -6.21. The second-order valence-electron chi connectivity index (χ2n) is 14.0. The molecule has 9 rings (SSSR count). The summed E-state index contributed by atoms with van der Waals surface area (Å²) in [4.78, 5) is 4.85. The summed E-state index contributed by atoms with van der Waals surface area (Å²) in [6, 6.07) is 37.5. The molecular formula is C43H35N5O2. The maximum Gasteiger partial charge on any atom is 0.177 e. The van der Waals surface area contributed by atoms with Crippen molar-refractivity contribution in [3.63, 3.8) is 0 Å². The number of pyridine rings is 1. The number of ether oxygens (including phenoxy) is 1. The molecule has 0 fully saturated rings. The molecule has 0 radical (unpaired) electrons. The predicted molar refractivity (Wildman–Crippen MR) is 201 cm³/mol. The van der Waals surface area contributed by atoms with E-state index in [1.165, 1.54) is 5.56 Å². The van der Waals surface area contributed by atoms with Crippen molar-refractivity contribution in [3.05, 3.63) is 138 Å². The highest BCUT2D eigenvalue weighted by molar-refractivity contribution is 6.10. The lowest BCUT2D eigenvalue weighted by Gasteiger charge is -2.20. The lowest BCUT2D eigenvalue weighted by molar-refractivity contribution is 0.477. The molecule has 0 amide bonds. The highest BCUT2D eigenvalue weighted by atomic mass is 16.5. The molecule has 244 valence electrons. The van der Waals surface area contributed by atoms with Gasteiger partial charge in [-0.3, -0.25) is 9.13 Å². The average molecular weight is 654 g/mol. The fourth-order valence-electron chi connectivity index (χ4n) is 7.18. The van der Waals surface area contributed by atoms with Crippen LogP contribution >= 0.6 is 0 Å². The number of furan rings is 1. The molecule has 0 spiro atoms. The van der Waals surface area contributed by atoms with E-state index in [0.717, 1.165) is 72.2 Å². The highest BCUT2D eigenvalue weighted by Crippen LogP contribution is 2.42. The highest BCUT2D eigenvalue weighted by Gasteiger charge is 2.21. The van der Waals surface area contributed by atoms with E-state index in [4.69, 9.17) is 14.1 Å². The molecule has 50 heavy (non-hydrogen) atoms. The molecular weight excluding hydrogens is 619 g/mol. The molecule has 9 aromatic rings. The van der Waals surface area contributed by atoms with E-state index in [1.807, 2.05) is 36.5 Å². The molecule has 0 aliphatic heterocycles. The van der Waals surface area contributed by atoms with Gasteiger partial charge < -0.3 is 9.15 Å². The van der Waals surface area contributed by atoms with Gasteiger partial charge in [0.1, 0.15) is 23.5 Å². The first-order valence-electron chi connectivity index (χ1n) is 16.8. The minimum atomic E-state index is -0.0180. The molecule has 0 saturated carbocycles. The van der Waals surface area contributed by atoms with Gasteiger partial charge in [-0.05, 0) is 84.5 Å². The van der Waals surface area contributed by atoms with Crippen molar-refractivity contribution in [3.8, 4) is 34.4 Å². The van der Waals surface area contributed by atoms with Gasteiger partial charge >= 0.3 is 0 Å². The molecule has 7 heteroatoms. The average Bonchev–Trinajstić information content (AvgIpc) is 3.82.